The van der Waals surface area contributed by atoms with Crippen molar-refractivity contribution in [2.75, 3.05) is 19.7 Å². The van der Waals surface area contributed by atoms with Crippen LogP contribution in [0.4, 0.5) is 0 Å². The van der Waals surface area contributed by atoms with Gasteiger partial charge in [-0.15, -0.1) is 0 Å². The molecule has 1 saturated heterocycles. The van der Waals surface area contributed by atoms with Gasteiger partial charge in [0.1, 0.15) is 0 Å². The van der Waals surface area contributed by atoms with Crippen molar-refractivity contribution >= 4 is 11.9 Å². The van der Waals surface area contributed by atoms with E-state index in [9.17, 15) is 9.59 Å². The predicted octanol–water partition coefficient (Wildman–Crippen LogP) is 1.70. The highest BCUT2D eigenvalue weighted by molar-refractivity contribution is 5.94. The minimum Gasteiger partial charge on any atom is -0.466 e. The number of carbonyl (C=O) groups is 2. The van der Waals surface area contributed by atoms with Gasteiger partial charge >= 0.3 is 5.97 Å². The molecule has 1 aliphatic carbocycles. The van der Waals surface area contributed by atoms with Crippen molar-refractivity contribution in [3.63, 3.8) is 0 Å². The molecule has 1 N–H and O–H groups in total. The van der Waals surface area contributed by atoms with E-state index in [1.165, 1.54) is 0 Å². The molecule has 22 heavy (non-hydrogen) atoms. The molecule has 0 spiro atoms. The molecule has 0 atom stereocenters. The Kier molecular flexibility index (Phi) is 4.45. The van der Waals surface area contributed by atoms with Crippen LogP contribution in [0.3, 0.4) is 0 Å². The average Bonchev–Trinajstić information content (AvgIpc) is 2.98. The third kappa shape index (κ3) is 2.87. The smallest absolute Gasteiger partial charge is 0.309 e. The van der Waals surface area contributed by atoms with Gasteiger partial charge in [0.15, 0.2) is 5.69 Å². The predicted molar refractivity (Wildman–Crippen MR) is 80.5 cm³/mol. The van der Waals surface area contributed by atoms with Crippen LogP contribution < -0.4 is 0 Å². The second-order valence-electron chi connectivity index (χ2n) is 6.05. The van der Waals surface area contributed by atoms with Crippen molar-refractivity contribution in [2.24, 2.45) is 5.92 Å². The SMILES string of the molecule is CCOC(=O)C1CCN(C(=O)c2n[nH]c3c2CCCC3)CC1. The number of likely N-dealkylation sites (tertiary alicyclic amines) is 1. The topological polar surface area (TPSA) is 75.3 Å². The Balaban J connectivity index is 1.63. The van der Waals surface area contributed by atoms with Gasteiger partial charge in [0.25, 0.3) is 5.91 Å². The number of esters is 1. The summed E-state index contributed by atoms with van der Waals surface area (Å²) in [4.78, 5) is 26.2. The van der Waals surface area contributed by atoms with Crippen LogP contribution in [0.1, 0.15) is 54.4 Å². The van der Waals surface area contributed by atoms with Gasteiger partial charge in [0.05, 0.1) is 12.5 Å². The standard InChI is InChI=1S/C16H23N3O3/c1-2-22-16(21)11-7-9-19(10-8-11)15(20)14-12-5-3-4-6-13(12)17-18-14/h11H,2-10H2,1H3,(H,17,18). The number of rotatable bonds is 3. The van der Waals surface area contributed by atoms with E-state index in [2.05, 4.69) is 10.2 Å². The van der Waals surface area contributed by atoms with Gasteiger partial charge in [-0.05, 0) is 45.4 Å². The second kappa shape index (κ2) is 6.50. The number of H-pyrrole nitrogens is 1. The number of nitrogens with one attached hydrogen (secondary N) is 1. The number of aromatic amines is 1. The number of amides is 1. The highest BCUT2D eigenvalue weighted by Gasteiger charge is 2.31. The molecule has 2 heterocycles. The molecule has 1 aromatic rings. The Morgan fingerprint density at radius 2 is 2.00 bits per heavy atom. The van der Waals surface area contributed by atoms with Crippen LogP contribution in [0.25, 0.3) is 0 Å². The summed E-state index contributed by atoms with van der Waals surface area (Å²) in [6.07, 6.45) is 5.56. The Hall–Kier alpha value is -1.85. The zero-order valence-corrected chi connectivity index (χ0v) is 13.1. The lowest BCUT2D eigenvalue weighted by Crippen LogP contribution is -2.41. The zero-order chi connectivity index (χ0) is 15.5. The summed E-state index contributed by atoms with van der Waals surface area (Å²) in [5, 5.41) is 7.27. The molecule has 0 aromatic carbocycles. The fourth-order valence-electron chi connectivity index (χ4n) is 3.39. The van der Waals surface area contributed by atoms with Crippen LogP contribution in [0, 0.1) is 5.92 Å². The Bertz CT molecular complexity index is 559. The van der Waals surface area contributed by atoms with Gasteiger partial charge in [0, 0.05) is 24.3 Å². The van der Waals surface area contributed by atoms with Crippen molar-refractivity contribution < 1.29 is 14.3 Å². The van der Waals surface area contributed by atoms with Crippen molar-refractivity contribution in [2.45, 2.75) is 45.4 Å². The molecular weight excluding hydrogens is 282 g/mol. The number of hydrogen-bond acceptors (Lipinski definition) is 4. The Morgan fingerprint density at radius 3 is 2.73 bits per heavy atom. The summed E-state index contributed by atoms with van der Waals surface area (Å²) in [6, 6.07) is 0. The van der Waals surface area contributed by atoms with Gasteiger partial charge in [-0.1, -0.05) is 0 Å². The van der Waals surface area contributed by atoms with Crippen molar-refractivity contribution in [3.8, 4) is 0 Å². The first-order valence-corrected chi connectivity index (χ1v) is 8.22. The van der Waals surface area contributed by atoms with Crippen LogP contribution in [-0.2, 0) is 22.4 Å². The fourth-order valence-corrected chi connectivity index (χ4v) is 3.39. The van der Waals surface area contributed by atoms with E-state index in [0.717, 1.165) is 36.9 Å². The van der Waals surface area contributed by atoms with E-state index in [0.29, 0.717) is 38.2 Å². The van der Waals surface area contributed by atoms with Crippen molar-refractivity contribution in [1.82, 2.24) is 15.1 Å². The lowest BCUT2D eigenvalue weighted by Gasteiger charge is -2.30. The summed E-state index contributed by atoms with van der Waals surface area (Å²) in [6.45, 7) is 3.43. The number of fused-ring (bicyclic) bond motifs is 1. The van der Waals surface area contributed by atoms with Crippen LogP contribution in [-0.4, -0.2) is 46.7 Å². The first-order chi connectivity index (χ1) is 10.7. The summed E-state index contributed by atoms with van der Waals surface area (Å²) in [5.41, 5.74) is 2.81. The number of ether oxygens (including phenoxy) is 1. The van der Waals surface area contributed by atoms with Crippen LogP contribution in [0.5, 0.6) is 0 Å². The second-order valence-corrected chi connectivity index (χ2v) is 6.05. The molecular formula is C16H23N3O3. The number of piperidine rings is 1. The monoisotopic (exact) mass is 305 g/mol. The van der Waals surface area contributed by atoms with E-state index >= 15 is 0 Å². The minimum atomic E-state index is -0.133. The molecule has 1 fully saturated rings. The average molecular weight is 305 g/mol. The van der Waals surface area contributed by atoms with E-state index in [1.807, 2.05) is 11.8 Å². The van der Waals surface area contributed by atoms with E-state index in [-0.39, 0.29) is 17.8 Å². The summed E-state index contributed by atoms with van der Waals surface area (Å²) >= 11 is 0. The number of aryl methyl sites for hydroxylation is 1. The van der Waals surface area contributed by atoms with Crippen LogP contribution in [0.2, 0.25) is 0 Å². The fraction of sp³-hybridized carbons (Fsp3) is 0.688. The number of aromatic nitrogens is 2. The van der Waals surface area contributed by atoms with E-state index < -0.39 is 0 Å². The van der Waals surface area contributed by atoms with Crippen molar-refractivity contribution in [1.29, 1.82) is 0 Å². The molecule has 120 valence electrons. The van der Waals surface area contributed by atoms with Gasteiger partial charge in [0.2, 0.25) is 0 Å². The summed E-state index contributed by atoms with van der Waals surface area (Å²) in [7, 11) is 0. The summed E-state index contributed by atoms with van der Waals surface area (Å²) in [5.74, 6) is -0.203. The van der Waals surface area contributed by atoms with Crippen LogP contribution >= 0.6 is 0 Å². The quantitative estimate of drug-likeness (QED) is 0.863. The molecule has 6 heteroatoms. The maximum absolute atomic E-state index is 12.7. The Labute approximate surface area is 130 Å². The van der Waals surface area contributed by atoms with Gasteiger partial charge in [-0.25, -0.2) is 0 Å². The molecule has 1 aromatic heterocycles. The maximum Gasteiger partial charge on any atom is 0.309 e. The van der Waals surface area contributed by atoms with Crippen molar-refractivity contribution in [3.05, 3.63) is 17.0 Å². The number of carbonyl (C=O) groups excluding carboxylic acids is 2. The lowest BCUT2D eigenvalue weighted by molar-refractivity contribution is -0.149. The Morgan fingerprint density at radius 1 is 1.27 bits per heavy atom. The summed E-state index contributed by atoms with van der Waals surface area (Å²) < 4.78 is 5.06. The van der Waals surface area contributed by atoms with Crippen LogP contribution in [0.15, 0.2) is 0 Å². The molecule has 0 radical (unpaired) electrons. The molecule has 0 bridgehead atoms. The molecule has 1 aliphatic heterocycles. The number of hydrogen-bond donors (Lipinski definition) is 1. The largest absolute Gasteiger partial charge is 0.466 e. The first kappa shape index (κ1) is 15.1. The molecule has 0 unspecified atom stereocenters. The van der Waals surface area contributed by atoms with E-state index in [1.54, 1.807) is 0 Å². The normalized spacial score (nSPS) is 18.9. The highest BCUT2D eigenvalue weighted by Crippen LogP contribution is 2.25. The molecule has 6 nitrogen and oxygen atoms in total. The molecule has 1 amide bonds. The first-order valence-electron chi connectivity index (χ1n) is 8.22. The molecule has 3 rings (SSSR count). The number of nitrogens with zero attached hydrogens (tertiary/aromatic N) is 2. The zero-order valence-electron chi connectivity index (χ0n) is 13.1. The highest BCUT2D eigenvalue weighted by atomic mass is 16.5. The van der Waals surface area contributed by atoms with E-state index in [4.69, 9.17) is 4.74 Å². The molecule has 0 saturated carbocycles. The maximum atomic E-state index is 12.7. The van der Waals surface area contributed by atoms with Gasteiger partial charge in [-0.2, -0.15) is 5.10 Å². The third-order valence-electron chi connectivity index (χ3n) is 4.66. The van der Waals surface area contributed by atoms with Gasteiger partial charge in [-0.3, -0.25) is 14.7 Å². The van der Waals surface area contributed by atoms with Gasteiger partial charge < -0.3 is 9.64 Å². The third-order valence-corrected chi connectivity index (χ3v) is 4.66. The lowest BCUT2D eigenvalue weighted by atomic mass is 9.94. The molecule has 2 aliphatic rings. The minimum absolute atomic E-state index is 0.00158.